The van der Waals surface area contributed by atoms with E-state index in [1.54, 1.807) is 11.3 Å². The molecule has 0 amide bonds. The number of nitrogens with zero attached hydrogens (tertiary/aromatic N) is 5. The smallest absolute Gasteiger partial charge is 0.231 e. The molecule has 1 fully saturated rings. The van der Waals surface area contributed by atoms with Crippen LogP contribution < -0.4 is 10.2 Å². The first kappa shape index (κ1) is 14.5. The molecule has 0 aromatic carbocycles. The van der Waals surface area contributed by atoms with Gasteiger partial charge in [0, 0.05) is 37.1 Å². The summed E-state index contributed by atoms with van der Waals surface area (Å²) < 4.78 is 0. The molecular formula is C13H17ClN6S. The van der Waals surface area contributed by atoms with Gasteiger partial charge in [-0.05, 0) is 24.4 Å². The normalized spacial score (nSPS) is 16.2. The van der Waals surface area contributed by atoms with Gasteiger partial charge in [-0.3, -0.25) is 0 Å². The summed E-state index contributed by atoms with van der Waals surface area (Å²) in [6.45, 7) is 4.80. The summed E-state index contributed by atoms with van der Waals surface area (Å²) in [5, 5.41) is 6.55. The van der Waals surface area contributed by atoms with Crippen molar-refractivity contribution >= 4 is 34.8 Å². The van der Waals surface area contributed by atoms with Gasteiger partial charge in [0.05, 0.1) is 5.01 Å². The summed E-state index contributed by atoms with van der Waals surface area (Å²) in [4.78, 5) is 19.3. The van der Waals surface area contributed by atoms with Gasteiger partial charge in [-0.2, -0.15) is 15.0 Å². The third-order valence-electron chi connectivity index (χ3n) is 3.42. The SMILES string of the molecule is CC(CNc1nc(Cl)nc(N2CCCC2)n1)c1nccs1. The average Bonchev–Trinajstić information content (AvgIpc) is 3.16. The fraction of sp³-hybridized carbons (Fsp3) is 0.538. The zero-order valence-corrected chi connectivity index (χ0v) is 13.4. The molecule has 1 unspecified atom stereocenters. The lowest BCUT2D eigenvalue weighted by atomic mass is 10.2. The summed E-state index contributed by atoms with van der Waals surface area (Å²) in [6, 6.07) is 0. The Morgan fingerprint density at radius 3 is 2.86 bits per heavy atom. The summed E-state index contributed by atoms with van der Waals surface area (Å²) in [5.74, 6) is 1.49. The van der Waals surface area contributed by atoms with Crippen LogP contribution in [0.4, 0.5) is 11.9 Å². The molecule has 1 atom stereocenters. The highest BCUT2D eigenvalue weighted by Gasteiger charge is 2.17. The molecule has 0 radical (unpaired) electrons. The van der Waals surface area contributed by atoms with Crippen molar-refractivity contribution in [1.82, 2.24) is 19.9 Å². The first-order valence-electron chi connectivity index (χ1n) is 7.02. The van der Waals surface area contributed by atoms with Crippen LogP contribution in [0.2, 0.25) is 5.28 Å². The van der Waals surface area contributed by atoms with Crippen LogP contribution in [0.1, 0.15) is 30.7 Å². The molecule has 0 spiro atoms. The van der Waals surface area contributed by atoms with Crippen LogP contribution in [0.3, 0.4) is 0 Å². The fourth-order valence-electron chi connectivity index (χ4n) is 2.29. The second-order valence-electron chi connectivity index (χ2n) is 5.07. The van der Waals surface area contributed by atoms with Gasteiger partial charge in [0.15, 0.2) is 0 Å². The van der Waals surface area contributed by atoms with Crippen molar-refractivity contribution in [2.24, 2.45) is 0 Å². The van der Waals surface area contributed by atoms with Crippen molar-refractivity contribution in [3.05, 3.63) is 21.9 Å². The van der Waals surface area contributed by atoms with Crippen LogP contribution in [-0.4, -0.2) is 39.6 Å². The summed E-state index contributed by atoms with van der Waals surface area (Å²) >= 11 is 7.66. The molecule has 8 heteroatoms. The Morgan fingerprint density at radius 2 is 2.14 bits per heavy atom. The van der Waals surface area contributed by atoms with E-state index in [-0.39, 0.29) is 5.28 Å². The highest BCUT2D eigenvalue weighted by atomic mass is 35.5. The van der Waals surface area contributed by atoms with Crippen molar-refractivity contribution in [3.8, 4) is 0 Å². The molecule has 3 rings (SSSR count). The number of halogens is 1. The second-order valence-corrected chi connectivity index (χ2v) is 6.34. The molecule has 3 heterocycles. The average molecular weight is 325 g/mol. The Kier molecular flexibility index (Phi) is 4.50. The lowest BCUT2D eigenvalue weighted by molar-refractivity contribution is 0.783. The van der Waals surface area contributed by atoms with Crippen LogP contribution in [0.25, 0.3) is 0 Å². The monoisotopic (exact) mass is 324 g/mol. The van der Waals surface area contributed by atoms with Crippen LogP contribution in [0, 0.1) is 0 Å². The Bertz CT molecular complexity index is 584. The third-order valence-corrected chi connectivity index (χ3v) is 4.60. The predicted molar refractivity (Wildman–Crippen MR) is 85.3 cm³/mol. The van der Waals surface area contributed by atoms with E-state index in [0.717, 1.165) is 18.1 Å². The number of rotatable bonds is 5. The van der Waals surface area contributed by atoms with E-state index in [1.165, 1.54) is 12.8 Å². The third kappa shape index (κ3) is 3.59. The maximum atomic E-state index is 6.00. The Morgan fingerprint density at radius 1 is 1.33 bits per heavy atom. The summed E-state index contributed by atoms with van der Waals surface area (Å²) in [7, 11) is 0. The largest absolute Gasteiger partial charge is 0.353 e. The lowest BCUT2D eigenvalue weighted by Crippen LogP contribution is -2.22. The van der Waals surface area contributed by atoms with Crippen LogP contribution in [-0.2, 0) is 0 Å². The molecule has 0 saturated carbocycles. The molecule has 1 N–H and O–H groups in total. The number of nitrogens with one attached hydrogen (secondary N) is 1. The van der Waals surface area contributed by atoms with E-state index in [4.69, 9.17) is 11.6 Å². The van der Waals surface area contributed by atoms with Crippen molar-refractivity contribution in [3.63, 3.8) is 0 Å². The van der Waals surface area contributed by atoms with E-state index in [1.807, 2.05) is 11.6 Å². The maximum Gasteiger partial charge on any atom is 0.231 e. The molecule has 21 heavy (non-hydrogen) atoms. The van der Waals surface area contributed by atoms with E-state index in [9.17, 15) is 0 Å². The van der Waals surface area contributed by atoms with Crippen LogP contribution in [0.5, 0.6) is 0 Å². The van der Waals surface area contributed by atoms with Gasteiger partial charge in [-0.15, -0.1) is 11.3 Å². The van der Waals surface area contributed by atoms with Crippen molar-refractivity contribution in [2.45, 2.75) is 25.7 Å². The zero-order chi connectivity index (χ0) is 14.7. The molecule has 1 saturated heterocycles. The zero-order valence-electron chi connectivity index (χ0n) is 11.8. The van der Waals surface area contributed by atoms with Gasteiger partial charge in [0.2, 0.25) is 17.2 Å². The minimum absolute atomic E-state index is 0.233. The van der Waals surface area contributed by atoms with E-state index in [2.05, 4.69) is 37.1 Å². The standard InChI is InChI=1S/C13H17ClN6S/c1-9(10-15-4-7-21-10)8-16-12-17-11(14)18-13(19-12)20-5-2-3-6-20/h4,7,9H,2-3,5-6,8H2,1H3,(H,16,17,18,19). The van der Waals surface area contributed by atoms with Crippen LogP contribution >= 0.6 is 22.9 Å². The highest BCUT2D eigenvalue weighted by Crippen LogP contribution is 2.20. The number of hydrogen-bond acceptors (Lipinski definition) is 7. The minimum atomic E-state index is 0.233. The summed E-state index contributed by atoms with van der Waals surface area (Å²) in [5.41, 5.74) is 0. The first-order valence-corrected chi connectivity index (χ1v) is 8.28. The Labute approximate surface area is 132 Å². The molecular weight excluding hydrogens is 308 g/mol. The second kappa shape index (κ2) is 6.53. The molecule has 2 aromatic heterocycles. The van der Waals surface area contributed by atoms with Gasteiger partial charge in [-0.1, -0.05) is 6.92 Å². The van der Waals surface area contributed by atoms with Gasteiger partial charge < -0.3 is 10.2 Å². The highest BCUT2D eigenvalue weighted by molar-refractivity contribution is 7.09. The summed E-state index contributed by atoms with van der Waals surface area (Å²) in [6.07, 6.45) is 4.17. The number of thiazole rings is 1. The molecule has 1 aliphatic heterocycles. The first-order chi connectivity index (χ1) is 10.2. The topological polar surface area (TPSA) is 66.8 Å². The molecule has 2 aromatic rings. The van der Waals surface area contributed by atoms with Gasteiger partial charge in [-0.25, -0.2) is 4.98 Å². The lowest BCUT2D eigenvalue weighted by Gasteiger charge is -2.16. The number of aromatic nitrogens is 4. The maximum absolute atomic E-state index is 6.00. The van der Waals surface area contributed by atoms with E-state index < -0.39 is 0 Å². The molecule has 112 valence electrons. The molecule has 1 aliphatic rings. The van der Waals surface area contributed by atoms with Crippen molar-refractivity contribution < 1.29 is 0 Å². The van der Waals surface area contributed by atoms with Crippen LogP contribution in [0.15, 0.2) is 11.6 Å². The molecule has 0 aliphatic carbocycles. The fourth-order valence-corrected chi connectivity index (χ4v) is 3.14. The van der Waals surface area contributed by atoms with Gasteiger partial charge in [0.1, 0.15) is 0 Å². The number of hydrogen-bond donors (Lipinski definition) is 1. The van der Waals surface area contributed by atoms with Gasteiger partial charge in [0.25, 0.3) is 0 Å². The molecule has 6 nitrogen and oxygen atoms in total. The van der Waals surface area contributed by atoms with E-state index >= 15 is 0 Å². The molecule has 0 bridgehead atoms. The Balaban J connectivity index is 1.67. The predicted octanol–water partition coefficient (Wildman–Crippen LogP) is 2.80. The van der Waals surface area contributed by atoms with Gasteiger partial charge >= 0.3 is 0 Å². The van der Waals surface area contributed by atoms with Crippen molar-refractivity contribution in [1.29, 1.82) is 0 Å². The quantitative estimate of drug-likeness (QED) is 0.912. The van der Waals surface area contributed by atoms with Crippen molar-refractivity contribution in [2.75, 3.05) is 29.9 Å². The minimum Gasteiger partial charge on any atom is -0.353 e. The number of anilines is 2. The van der Waals surface area contributed by atoms with E-state index in [0.29, 0.717) is 24.4 Å². The Hall–Kier alpha value is -1.47.